The van der Waals surface area contributed by atoms with Gasteiger partial charge in [-0.1, -0.05) is 113 Å². The molecule has 0 aliphatic heterocycles. The van der Waals surface area contributed by atoms with Crippen LogP contribution < -0.4 is 10.4 Å². The maximum absolute atomic E-state index is 2.46. The van der Waals surface area contributed by atoms with E-state index in [4.69, 9.17) is 0 Å². The second-order valence-corrected chi connectivity index (χ2v) is 19.2. The fourth-order valence-corrected chi connectivity index (χ4v) is 19.4. The Bertz CT molecular complexity index is 521. The van der Waals surface area contributed by atoms with E-state index in [1.165, 1.54) is 0 Å². The molecule has 0 N–H and O–H groups in total. The van der Waals surface area contributed by atoms with Gasteiger partial charge in [-0.05, 0) is 10.1 Å². The van der Waals surface area contributed by atoms with Crippen LogP contribution in [-0.4, -0.2) is 16.6 Å². The van der Waals surface area contributed by atoms with Gasteiger partial charge in [0.15, 0.2) is 0 Å². The Morgan fingerprint density at radius 2 is 0.773 bits per heavy atom. The lowest BCUT2D eigenvalue weighted by molar-refractivity contribution is 0.730. The molecule has 0 aromatic heterocycles. The number of benzene rings is 2. The minimum absolute atomic E-state index is 0.404. The van der Waals surface area contributed by atoms with Crippen molar-refractivity contribution >= 4 is 27.0 Å². The van der Waals surface area contributed by atoms with E-state index in [1.54, 1.807) is 10.4 Å². The summed E-state index contributed by atoms with van der Waals surface area (Å²) in [5.41, 5.74) is 0. The van der Waals surface area contributed by atoms with Gasteiger partial charge in [0.2, 0.25) is 0 Å². The highest BCUT2D eigenvalue weighted by Gasteiger charge is 2.42. The van der Waals surface area contributed by atoms with E-state index >= 15 is 0 Å². The van der Waals surface area contributed by atoms with E-state index in [0.717, 1.165) is 0 Å². The molecular formula is C20H30Si2. The summed E-state index contributed by atoms with van der Waals surface area (Å²) in [5.74, 6) is 0. The van der Waals surface area contributed by atoms with Crippen molar-refractivity contribution in [1.82, 2.24) is 0 Å². The smallest absolute Gasteiger partial charge is 0.0651 e. The van der Waals surface area contributed by atoms with Crippen LogP contribution in [0.5, 0.6) is 0 Å². The highest BCUT2D eigenvalue weighted by Crippen LogP contribution is 2.37. The standard InChI is InChI=1S/C20H30Si2/c1-19(2,3)21(17-13-9-7-10-14-17)22(20(4,5)6)18-15-11-8-12-16-18/h7-16,21-22H,1-6H3. The van der Waals surface area contributed by atoms with Crippen LogP contribution in [-0.2, 0) is 0 Å². The number of hydrogen-bond acceptors (Lipinski definition) is 0. The van der Waals surface area contributed by atoms with Crippen molar-refractivity contribution in [2.45, 2.75) is 51.6 Å². The molecule has 0 saturated heterocycles. The van der Waals surface area contributed by atoms with E-state index in [-0.39, 0.29) is 0 Å². The zero-order chi connectivity index (χ0) is 16.4. The molecule has 0 radical (unpaired) electrons. The van der Waals surface area contributed by atoms with Gasteiger partial charge in [0.05, 0.1) is 16.6 Å². The second-order valence-electron chi connectivity index (χ2n) is 8.51. The first-order valence-electron chi connectivity index (χ1n) is 8.31. The Labute approximate surface area is 139 Å². The van der Waals surface area contributed by atoms with Crippen molar-refractivity contribution in [1.29, 1.82) is 0 Å². The fraction of sp³-hybridized carbons (Fsp3) is 0.400. The molecule has 0 saturated carbocycles. The van der Waals surface area contributed by atoms with E-state index in [0.29, 0.717) is 10.1 Å². The van der Waals surface area contributed by atoms with Gasteiger partial charge in [-0.25, -0.2) is 0 Å². The second kappa shape index (κ2) is 6.55. The summed E-state index contributed by atoms with van der Waals surface area (Å²) >= 11 is 0. The van der Waals surface area contributed by atoms with Crippen molar-refractivity contribution in [2.75, 3.05) is 0 Å². The van der Waals surface area contributed by atoms with Crippen LogP contribution >= 0.6 is 0 Å². The third-order valence-corrected chi connectivity index (χ3v) is 21.4. The molecule has 0 bridgehead atoms. The van der Waals surface area contributed by atoms with Gasteiger partial charge in [-0.3, -0.25) is 0 Å². The third kappa shape index (κ3) is 3.99. The zero-order valence-electron chi connectivity index (χ0n) is 14.9. The monoisotopic (exact) mass is 326 g/mol. The highest BCUT2D eigenvalue weighted by molar-refractivity contribution is 7.34. The van der Waals surface area contributed by atoms with Gasteiger partial charge in [0.1, 0.15) is 0 Å². The van der Waals surface area contributed by atoms with E-state index < -0.39 is 16.6 Å². The summed E-state index contributed by atoms with van der Waals surface area (Å²) in [6, 6.07) is 22.7. The molecule has 0 fully saturated rings. The Balaban J connectivity index is 2.60. The number of rotatable bonds is 3. The summed E-state index contributed by atoms with van der Waals surface area (Å²) in [7, 11) is -2.22. The molecule has 2 rings (SSSR count). The van der Waals surface area contributed by atoms with Gasteiger partial charge >= 0.3 is 0 Å². The van der Waals surface area contributed by atoms with Crippen LogP contribution in [0.3, 0.4) is 0 Å². The number of hydrogen-bond donors (Lipinski definition) is 0. The molecule has 0 aliphatic rings. The molecular weight excluding hydrogens is 296 g/mol. The highest BCUT2D eigenvalue weighted by atomic mass is 29.2. The lowest BCUT2D eigenvalue weighted by atomic mass is 10.2. The molecule has 2 heteroatoms. The zero-order valence-corrected chi connectivity index (χ0v) is 17.2. The van der Waals surface area contributed by atoms with Gasteiger partial charge in [-0.15, -0.1) is 0 Å². The molecule has 118 valence electrons. The van der Waals surface area contributed by atoms with Crippen molar-refractivity contribution in [3.8, 4) is 0 Å². The Kier molecular flexibility index (Phi) is 5.13. The molecule has 0 heterocycles. The molecule has 0 aliphatic carbocycles. The van der Waals surface area contributed by atoms with Crippen LogP contribution in [0.1, 0.15) is 41.5 Å². The summed E-state index contributed by atoms with van der Waals surface area (Å²) in [5, 5.41) is 4.10. The van der Waals surface area contributed by atoms with Gasteiger partial charge in [0.25, 0.3) is 0 Å². The first-order valence-corrected chi connectivity index (χ1v) is 13.3. The maximum Gasteiger partial charge on any atom is 0.0724 e. The van der Waals surface area contributed by atoms with Gasteiger partial charge in [0, 0.05) is 0 Å². The Morgan fingerprint density at radius 3 is 1.00 bits per heavy atom. The SMILES string of the molecule is CC(C)(C)[SiH](c1ccccc1)[SiH](c1ccccc1)C(C)(C)C. The summed E-state index contributed by atoms with van der Waals surface area (Å²) in [6.07, 6.45) is 0. The summed E-state index contributed by atoms with van der Waals surface area (Å²) in [4.78, 5) is 0. The topological polar surface area (TPSA) is 0 Å². The van der Waals surface area contributed by atoms with Gasteiger partial charge < -0.3 is 0 Å². The van der Waals surface area contributed by atoms with Crippen LogP contribution in [0.4, 0.5) is 0 Å². The normalized spacial score (nSPS) is 15.4. The maximum atomic E-state index is 2.46. The lowest BCUT2D eigenvalue weighted by Crippen LogP contribution is -2.61. The summed E-state index contributed by atoms with van der Waals surface area (Å²) < 4.78 is 0. The van der Waals surface area contributed by atoms with Crippen molar-refractivity contribution in [2.24, 2.45) is 0 Å². The Hall–Kier alpha value is -1.13. The predicted molar refractivity (Wildman–Crippen MR) is 106 cm³/mol. The summed E-state index contributed by atoms with van der Waals surface area (Å²) in [6.45, 7) is 14.8. The molecule has 0 spiro atoms. The van der Waals surface area contributed by atoms with Crippen LogP contribution in [0.25, 0.3) is 0 Å². The van der Waals surface area contributed by atoms with Crippen molar-refractivity contribution in [3.63, 3.8) is 0 Å². The third-order valence-electron chi connectivity index (χ3n) is 4.52. The minimum Gasteiger partial charge on any atom is -0.0651 e. The molecule has 22 heavy (non-hydrogen) atoms. The van der Waals surface area contributed by atoms with E-state index in [9.17, 15) is 0 Å². The minimum atomic E-state index is -1.11. The largest absolute Gasteiger partial charge is 0.0724 e. The Morgan fingerprint density at radius 1 is 0.500 bits per heavy atom. The fourth-order valence-electron chi connectivity index (χ4n) is 3.71. The first kappa shape index (κ1) is 17.2. The lowest BCUT2D eigenvalue weighted by Gasteiger charge is -2.42. The quantitative estimate of drug-likeness (QED) is 0.750. The molecule has 2 atom stereocenters. The average Bonchev–Trinajstić information content (AvgIpc) is 2.44. The van der Waals surface area contributed by atoms with Crippen molar-refractivity contribution < 1.29 is 0 Å². The van der Waals surface area contributed by atoms with Crippen LogP contribution in [0, 0.1) is 0 Å². The molecule has 2 aromatic rings. The van der Waals surface area contributed by atoms with E-state index in [1.807, 2.05) is 0 Å². The first-order chi connectivity index (χ1) is 10.2. The molecule has 2 unspecified atom stereocenters. The average molecular weight is 327 g/mol. The van der Waals surface area contributed by atoms with Crippen LogP contribution in [0.15, 0.2) is 60.7 Å². The molecule has 2 aromatic carbocycles. The van der Waals surface area contributed by atoms with Crippen molar-refractivity contribution in [3.05, 3.63) is 60.7 Å². The predicted octanol–water partition coefficient (Wildman–Crippen LogP) is 3.93. The molecule has 0 nitrogen and oxygen atoms in total. The van der Waals surface area contributed by atoms with Gasteiger partial charge in [-0.2, -0.15) is 0 Å². The van der Waals surface area contributed by atoms with Crippen LogP contribution in [0.2, 0.25) is 10.1 Å². The van der Waals surface area contributed by atoms with E-state index in [2.05, 4.69) is 102 Å². The molecule has 0 amide bonds.